The van der Waals surface area contributed by atoms with Gasteiger partial charge in [0.1, 0.15) is 0 Å². The highest BCUT2D eigenvalue weighted by Gasteiger charge is 2.20. The van der Waals surface area contributed by atoms with E-state index >= 15 is 0 Å². The van der Waals surface area contributed by atoms with E-state index in [1.165, 1.54) is 32.1 Å². The van der Waals surface area contributed by atoms with Crippen molar-refractivity contribution in [2.24, 2.45) is 17.8 Å². The van der Waals surface area contributed by atoms with Gasteiger partial charge in [-0.15, -0.1) is 0 Å². The summed E-state index contributed by atoms with van der Waals surface area (Å²) in [6.45, 7) is 4.99. The molecule has 18 heavy (non-hydrogen) atoms. The van der Waals surface area contributed by atoms with Crippen LogP contribution in [0.3, 0.4) is 0 Å². The first-order valence-electron chi connectivity index (χ1n) is 7.52. The van der Waals surface area contributed by atoms with Crippen LogP contribution < -0.4 is 5.32 Å². The number of hydrogen-bond acceptors (Lipinski definition) is 2. The topological polar surface area (TPSA) is 49.3 Å². The van der Waals surface area contributed by atoms with Crippen molar-refractivity contribution in [2.45, 2.75) is 58.8 Å². The first-order chi connectivity index (χ1) is 8.63. The molecule has 1 amide bonds. The summed E-state index contributed by atoms with van der Waals surface area (Å²) < 4.78 is 0. The number of rotatable bonds is 7. The van der Waals surface area contributed by atoms with Gasteiger partial charge in [-0.05, 0) is 24.7 Å². The maximum absolute atomic E-state index is 12.0. The lowest BCUT2D eigenvalue weighted by atomic mass is 9.83. The number of carbonyl (C=O) groups excluding carboxylic acids is 1. The number of aliphatic hydroxyl groups is 1. The second kappa shape index (κ2) is 8.52. The zero-order chi connectivity index (χ0) is 13.4. The highest BCUT2D eigenvalue weighted by atomic mass is 16.3. The molecule has 0 saturated heterocycles. The Morgan fingerprint density at radius 3 is 2.56 bits per heavy atom. The summed E-state index contributed by atoms with van der Waals surface area (Å²) in [5, 5.41) is 11.8. The van der Waals surface area contributed by atoms with E-state index in [2.05, 4.69) is 12.2 Å². The van der Waals surface area contributed by atoms with E-state index in [0.717, 1.165) is 18.8 Å². The van der Waals surface area contributed by atoms with Crippen LogP contribution in [0.1, 0.15) is 58.8 Å². The van der Waals surface area contributed by atoms with Gasteiger partial charge in [-0.2, -0.15) is 0 Å². The third-order valence-corrected chi connectivity index (χ3v) is 4.11. The lowest BCUT2D eigenvalue weighted by Gasteiger charge is -2.24. The van der Waals surface area contributed by atoms with Crippen LogP contribution in [0.15, 0.2) is 0 Å². The van der Waals surface area contributed by atoms with Gasteiger partial charge in [0.15, 0.2) is 0 Å². The average Bonchev–Trinajstić information content (AvgIpc) is 2.37. The Labute approximate surface area is 111 Å². The molecule has 0 heterocycles. The van der Waals surface area contributed by atoms with E-state index in [0.29, 0.717) is 12.5 Å². The molecule has 0 bridgehead atoms. The summed E-state index contributed by atoms with van der Waals surface area (Å²) >= 11 is 0. The summed E-state index contributed by atoms with van der Waals surface area (Å²) in [5.41, 5.74) is 0. The third-order valence-electron chi connectivity index (χ3n) is 4.11. The van der Waals surface area contributed by atoms with Crippen molar-refractivity contribution in [1.82, 2.24) is 5.32 Å². The SMILES string of the molecule is CC(CCO)CNC(=O)C(C)CC1CCCCC1. The van der Waals surface area contributed by atoms with E-state index in [1.807, 2.05) is 6.92 Å². The summed E-state index contributed by atoms with van der Waals surface area (Å²) in [7, 11) is 0. The molecule has 0 aromatic carbocycles. The molecule has 1 fully saturated rings. The van der Waals surface area contributed by atoms with Gasteiger partial charge in [-0.3, -0.25) is 4.79 Å². The van der Waals surface area contributed by atoms with Crippen molar-refractivity contribution in [3.05, 3.63) is 0 Å². The normalized spacial score (nSPS) is 20.4. The smallest absolute Gasteiger partial charge is 0.222 e. The molecule has 2 unspecified atom stereocenters. The molecule has 106 valence electrons. The van der Waals surface area contributed by atoms with Crippen molar-refractivity contribution in [2.75, 3.05) is 13.2 Å². The second-order valence-corrected chi connectivity index (χ2v) is 6.00. The highest BCUT2D eigenvalue weighted by molar-refractivity contribution is 5.78. The summed E-state index contributed by atoms with van der Waals surface area (Å²) in [5.74, 6) is 1.44. The molecule has 1 aliphatic carbocycles. The van der Waals surface area contributed by atoms with Gasteiger partial charge in [-0.25, -0.2) is 0 Å². The Morgan fingerprint density at radius 2 is 1.94 bits per heavy atom. The van der Waals surface area contributed by atoms with Gasteiger partial charge in [0.05, 0.1) is 0 Å². The Balaban J connectivity index is 2.19. The van der Waals surface area contributed by atoms with Crippen LogP contribution in [0, 0.1) is 17.8 Å². The monoisotopic (exact) mass is 255 g/mol. The fourth-order valence-corrected chi connectivity index (χ4v) is 2.80. The number of carbonyl (C=O) groups is 1. The van der Waals surface area contributed by atoms with Crippen LogP contribution in [-0.2, 0) is 4.79 Å². The van der Waals surface area contributed by atoms with E-state index in [1.54, 1.807) is 0 Å². The zero-order valence-electron chi connectivity index (χ0n) is 12.0. The minimum absolute atomic E-state index is 0.134. The molecular weight excluding hydrogens is 226 g/mol. The number of hydrogen-bond donors (Lipinski definition) is 2. The Hall–Kier alpha value is -0.570. The van der Waals surface area contributed by atoms with Crippen molar-refractivity contribution >= 4 is 5.91 Å². The van der Waals surface area contributed by atoms with Gasteiger partial charge in [-0.1, -0.05) is 46.0 Å². The van der Waals surface area contributed by atoms with Gasteiger partial charge in [0.2, 0.25) is 5.91 Å². The zero-order valence-corrected chi connectivity index (χ0v) is 12.0. The molecule has 0 spiro atoms. The van der Waals surface area contributed by atoms with Crippen LogP contribution in [0.2, 0.25) is 0 Å². The fourth-order valence-electron chi connectivity index (χ4n) is 2.80. The van der Waals surface area contributed by atoms with Crippen molar-refractivity contribution in [3.8, 4) is 0 Å². The molecule has 1 rings (SSSR count). The van der Waals surface area contributed by atoms with Crippen molar-refractivity contribution in [1.29, 1.82) is 0 Å². The standard InChI is InChI=1S/C15H29NO2/c1-12(8-9-17)11-16-15(18)13(2)10-14-6-4-3-5-7-14/h12-14,17H,3-11H2,1-2H3,(H,16,18). The van der Waals surface area contributed by atoms with Crippen LogP contribution in [0.4, 0.5) is 0 Å². The third kappa shape index (κ3) is 5.85. The van der Waals surface area contributed by atoms with E-state index in [9.17, 15) is 4.79 Å². The maximum Gasteiger partial charge on any atom is 0.222 e. The largest absolute Gasteiger partial charge is 0.396 e. The van der Waals surface area contributed by atoms with Crippen LogP contribution in [0.5, 0.6) is 0 Å². The molecule has 1 saturated carbocycles. The second-order valence-electron chi connectivity index (χ2n) is 6.00. The molecule has 0 aromatic heterocycles. The maximum atomic E-state index is 12.0. The van der Waals surface area contributed by atoms with Crippen LogP contribution in [-0.4, -0.2) is 24.2 Å². The lowest BCUT2D eigenvalue weighted by molar-refractivity contribution is -0.125. The van der Waals surface area contributed by atoms with Crippen molar-refractivity contribution in [3.63, 3.8) is 0 Å². The Bertz CT molecular complexity index is 237. The molecule has 1 aliphatic rings. The van der Waals surface area contributed by atoms with Crippen LogP contribution >= 0.6 is 0 Å². The van der Waals surface area contributed by atoms with Gasteiger partial charge < -0.3 is 10.4 Å². The molecule has 3 heteroatoms. The van der Waals surface area contributed by atoms with E-state index in [-0.39, 0.29) is 18.4 Å². The number of nitrogens with one attached hydrogen (secondary N) is 1. The average molecular weight is 255 g/mol. The molecule has 0 radical (unpaired) electrons. The predicted molar refractivity (Wildman–Crippen MR) is 74.2 cm³/mol. The molecular formula is C15H29NO2. The molecule has 3 nitrogen and oxygen atoms in total. The van der Waals surface area contributed by atoms with Gasteiger partial charge in [0, 0.05) is 19.1 Å². The lowest BCUT2D eigenvalue weighted by Crippen LogP contribution is -2.34. The minimum Gasteiger partial charge on any atom is -0.396 e. The van der Waals surface area contributed by atoms with Crippen molar-refractivity contribution < 1.29 is 9.90 Å². The Kier molecular flexibility index (Phi) is 7.33. The molecule has 2 N–H and O–H groups in total. The minimum atomic E-state index is 0.134. The first-order valence-corrected chi connectivity index (χ1v) is 7.52. The predicted octanol–water partition coefficient (Wildman–Crippen LogP) is 2.73. The summed E-state index contributed by atoms with van der Waals surface area (Å²) in [4.78, 5) is 12.0. The fraction of sp³-hybridized carbons (Fsp3) is 0.933. The van der Waals surface area contributed by atoms with Gasteiger partial charge in [0.25, 0.3) is 0 Å². The van der Waals surface area contributed by atoms with Gasteiger partial charge >= 0.3 is 0 Å². The number of aliphatic hydroxyl groups excluding tert-OH is 1. The molecule has 0 aromatic rings. The Morgan fingerprint density at radius 1 is 1.28 bits per heavy atom. The first kappa shape index (κ1) is 15.5. The van der Waals surface area contributed by atoms with E-state index < -0.39 is 0 Å². The summed E-state index contributed by atoms with van der Waals surface area (Å²) in [6.07, 6.45) is 8.46. The van der Waals surface area contributed by atoms with Crippen LogP contribution in [0.25, 0.3) is 0 Å². The molecule has 0 aliphatic heterocycles. The summed E-state index contributed by atoms with van der Waals surface area (Å²) in [6, 6.07) is 0. The quantitative estimate of drug-likeness (QED) is 0.735. The molecule has 2 atom stereocenters. The highest BCUT2D eigenvalue weighted by Crippen LogP contribution is 2.28. The van der Waals surface area contributed by atoms with E-state index in [4.69, 9.17) is 5.11 Å². The number of amides is 1.